The molecule has 0 radical (unpaired) electrons. The van der Waals surface area contributed by atoms with Gasteiger partial charge in [0.05, 0.1) is 29.2 Å². The standard InChI is InChI=1S/C12H15N3O4S/c1-20(18,19)14-5-2-6-15-8-13-10-7-9(12(16)17)3-4-11(10)15/h3-4,7-8,14H,2,5-6H2,1H3,(H,16,17). The van der Waals surface area contributed by atoms with Crippen molar-refractivity contribution in [2.45, 2.75) is 13.0 Å². The maximum Gasteiger partial charge on any atom is 0.335 e. The van der Waals surface area contributed by atoms with Crippen LogP contribution in [0.3, 0.4) is 0 Å². The van der Waals surface area contributed by atoms with Crippen LogP contribution in [0.1, 0.15) is 16.8 Å². The fraction of sp³-hybridized carbons (Fsp3) is 0.333. The molecule has 1 aromatic heterocycles. The average Bonchev–Trinajstić information content (AvgIpc) is 2.76. The molecule has 0 saturated heterocycles. The molecule has 0 aliphatic heterocycles. The number of rotatable bonds is 6. The highest BCUT2D eigenvalue weighted by Crippen LogP contribution is 2.15. The molecule has 8 heteroatoms. The first-order valence-electron chi connectivity index (χ1n) is 5.99. The van der Waals surface area contributed by atoms with Crippen LogP contribution in [-0.4, -0.2) is 41.8 Å². The molecule has 7 nitrogen and oxygen atoms in total. The summed E-state index contributed by atoms with van der Waals surface area (Å²) in [5.41, 5.74) is 1.64. The summed E-state index contributed by atoms with van der Waals surface area (Å²) in [6, 6.07) is 4.75. The Balaban J connectivity index is 2.06. The smallest absolute Gasteiger partial charge is 0.335 e. The molecule has 108 valence electrons. The number of hydrogen-bond donors (Lipinski definition) is 2. The van der Waals surface area contributed by atoms with Gasteiger partial charge in [-0.2, -0.15) is 0 Å². The van der Waals surface area contributed by atoms with E-state index in [-0.39, 0.29) is 5.56 Å². The Morgan fingerprint density at radius 2 is 2.20 bits per heavy atom. The van der Waals surface area contributed by atoms with Crippen molar-refractivity contribution in [2.24, 2.45) is 0 Å². The lowest BCUT2D eigenvalue weighted by atomic mass is 10.2. The summed E-state index contributed by atoms with van der Waals surface area (Å²) in [6.45, 7) is 0.956. The molecule has 0 fully saturated rings. The summed E-state index contributed by atoms with van der Waals surface area (Å²) in [6.07, 6.45) is 3.36. The summed E-state index contributed by atoms with van der Waals surface area (Å²) in [5.74, 6) is -0.987. The van der Waals surface area contributed by atoms with Crippen molar-refractivity contribution < 1.29 is 18.3 Å². The van der Waals surface area contributed by atoms with Gasteiger partial charge in [0, 0.05) is 13.1 Å². The highest BCUT2D eigenvalue weighted by atomic mass is 32.2. The average molecular weight is 297 g/mol. The van der Waals surface area contributed by atoms with E-state index in [4.69, 9.17) is 5.11 Å². The van der Waals surface area contributed by atoms with Crippen molar-refractivity contribution in [3.05, 3.63) is 30.1 Å². The SMILES string of the molecule is CS(=O)(=O)NCCCn1cnc2cc(C(=O)O)ccc21. The number of aromatic nitrogens is 2. The number of carboxylic acids is 1. The molecule has 2 aromatic rings. The minimum Gasteiger partial charge on any atom is -0.478 e. The summed E-state index contributed by atoms with van der Waals surface area (Å²) >= 11 is 0. The van der Waals surface area contributed by atoms with E-state index in [1.54, 1.807) is 12.4 Å². The molecule has 2 N–H and O–H groups in total. The fourth-order valence-corrected chi connectivity index (χ4v) is 2.40. The Labute approximate surface area is 116 Å². The van der Waals surface area contributed by atoms with Gasteiger partial charge in [-0.15, -0.1) is 0 Å². The molecule has 0 unspecified atom stereocenters. The summed E-state index contributed by atoms with van der Waals surface area (Å²) in [7, 11) is -3.16. The van der Waals surface area contributed by atoms with Gasteiger partial charge in [0.25, 0.3) is 0 Å². The molecule has 2 rings (SSSR count). The van der Waals surface area contributed by atoms with Crippen molar-refractivity contribution in [1.82, 2.24) is 14.3 Å². The summed E-state index contributed by atoms with van der Waals surface area (Å²) in [5, 5.41) is 8.90. The third-order valence-electron chi connectivity index (χ3n) is 2.81. The number of fused-ring (bicyclic) bond motifs is 1. The molecular formula is C12H15N3O4S. The lowest BCUT2D eigenvalue weighted by Crippen LogP contribution is -2.23. The second kappa shape index (κ2) is 5.59. The van der Waals surface area contributed by atoms with E-state index >= 15 is 0 Å². The van der Waals surface area contributed by atoms with Crippen LogP contribution in [0.15, 0.2) is 24.5 Å². The van der Waals surface area contributed by atoms with Crippen molar-refractivity contribution >= 4 is 27.0 Å². The van der Waals surface area contributed by atoms with Gasteiger partial charge >= 0.3 is 5.97 Å². The van der Waals surface area contributed by atoms with Gasteiger partial charge in [-0.3, -0.25) is 0 Å². The molecule has 0 bridgehead atoms. The lowest BCUT2D eigenvalue weighted by molar-refractivity contribution is 0.0697. The first kappa shape index (κ1) is 14.5. The van der Waals surface area contributed by atoms with E-state index < -0.39 is 16.0 Å². The number of nitrogens with one attached hydrogen (secondary N) is 1. The lowest BCUT2D eigenvalue weighted by Gasteiger charge is -2.05. The van der Waals surface area contributed by atoms with Gasteiger partial charge in [-0.05, 0) is 24.6 Å². The second-order valence-electron chi connectivity index (χ2n) is 4.47. The molecule has 0 atom stereocenters. The van der Waals surface area contributed by atoms with Crippen LogP contribution < -0.4 is 4.72 Å². The number of hydrogen-bond acceptors (Lipinski definition) is 4. The van der Waals surface area contributed by atoms with E-state index in [1.165, 1.54) is 12.1 Å². The Morgan fingerprint density at radius 1 is 1.45 bits per heavy atom. The van der Waals surface area contributed by atoms with Crippen molar-refractivity contribution in [3.63, 3.8) is 0 Å². The third-order valence-corrected chi connectivity index (χ3v) is 3.54. The molecule has 1 heterocycles. The number of nitrogens with zero attached hydrogens (tertiary/aromatic N) is 2. The van der Waals surface area contributed by atoms with Gasteiger partial charge in [0.15, 0.2) is 0 Å². The molecule has 20 heavy (non-hydrogen) atoms. The largest absolute Gasteiger partial charge is 0.478 e. The summed E-state index contributed by atoms with van der Waals surface area (Å²) < 4.78 is 26.1. The zero-order valence-corrected chi connectivity index (χ0v) is 11.7. The van der Waals surface area contributed by atoms with Crippen molar-refractivity contribution in [2.75, 3.05) is 12.8 Å². The van der Waals surface area contributed by atoms with Crippen LogP contribution in [0, 0.1) is 0 Å². The molecule has 0 amide bonds. The van der Waals surface area contributed by atoms with E-state index in [1.807, 2.05) is 4.57 Å². The number of benzene rings is 1. The van der Waals surface area contributed by atoms with Crippen molar-refractivity contribution in [1.29, 1.82) is 0 Å². The topological polar surface area (TPSA) is 101 Å². The maximum atomic E-state index is 10.9. The molecule has 0 spiro atoms. The Kier molecular flexibility index (Phi) is 4.05. The van der Waals surface area contributed by atoms with E-state index in [9.17, 15) is 13.2 Å². The molecule has 0 aliphatic rings. The van der Waals surface area contributed by atoms with E-state index in [2.05, 4.69) is 9.71 Å². The highest BCUT2D eigenvalue weighted by molar-refractivity contribution is 7.88. The van der Waals surface area contributed by atoms with Gasteiger partial charge < -0.3 is 9.67 Å². The van der Waals surface area contributed by atoms with Gasteiger partial charge in [-0.25, -0.2) is 22.9 Å². The summed E-state index contributed by atoms with van der Waals surface area (Å²) in [4.78, 5) is 15.0. The van der Waals surface area contributed by atoms with Crippen LogP contribution >= 0.6 is 0 Å². The molecule has 0 aliphatic carbocycles. The number of imidazole rings is 1. The van der Waals surface area contributed by atoms with Crippen LogP contribution in [-0.2, 0) is 16.6 Å². The first-order valence-corrected chi connectivity index (χ1v) is 7.89. The number of sulfonamides is 1. The Morgan fingerprint density at radius 3 is 2.85 bits per heavy atom. The number of aromatic carboxylic acids is 1. The normalized spacial score (nSPS) is 11.8. The van der Waals surface area contributed by atoms with Crippen LogP contribution in [0.25, 0.3) is 11.0 Å². The zero-order valence-electron chi connectivity index (χ0n) is 10.9. The van der Waals surface area contributed by atoms with Crippen LogP contribution in [0.5, 0.6) is 0 Å². The predicted octanol–water partition coefficient (Wildman–Crippen LogP) is 0.674. The third kappa shape index (κ3) is 3.55. The highest BCUT2D eigenvalue weighted by Gasteiger charge is 2.07. The predicted molar refractivity (Wildman–Crippen MR) is 74.2 cm³/mol. The van der Waals surface area contributed by atoms with E-state index in [0.29, 0.717) is 25.0 Å². The Hall–Kier alpha value is -1.93. The number of aryl methyl sites for hydroxylation is 1. The minimum atomic E-state index is -3.16. The number of carboxylic acid groups (broad SMARTS) is 1. The fourth-order valence-electron chi connectivity index (χ4n) is 1.88. The second-order valence-corrected chi connectivity index (χ2v) is 6.30. The zero-order chi connectivity index (χ0) is 14.8. The van der Waals surface area contributed by atoms with Crippen LogP contribution in [0.4, 0.5) is 0 Å². The first-order chi connectivity index (χ1) is 9.37. The minimum absolute atomic E-state index is 0.196. The van der Waals surface area contributed by atoms with Gasteiger partial charge in [0.2, 0.25) is 10.0 Å². The van der Waals surface area contributed by atoms with E-state index in [0.717, 1.165) is 11.8 Å². The monoisotopic (exact) mass is 297 g/mol. The molecule has 1 aromatic carbocycles. The van der Waals surface area contributed by atoms with Gasteiger partial charge in [0.1, 0.15) is 0 Å². The number of carbonyl (C=O) groups is 1. The quantitative estimate of drug-likeness (QED) is 0.763. The van der Waals surface area contributed by atoms with Crippen LogP contribution in [0.2, 0.25) is 0 Å². The molecule has 0 saturated carbocycles. The maximum absolute atomic E-state index is 10.9. The molecular weight excluding hydrogens is 282 g/mol. The Bertz CT molecular complexity index is 736. The van der Waals surface area contributed by atoms with Crippen molar-refractivity contribution in [3.8, 4) is 0 Å². The van der Waals surface area contributed by atoms with Gasteiger partial charge in [-0.1, -0.05) is 0 Å².